The zero-order valence-electron chi connectivity index (χ0n) is 10.6. The minimum Gasteiger partial charge on any atom is -0.382 e. The highest BCUT2D eigenvalue weighted by atomic mass is 19.1. The van der Waals surface area contributed by atoms with Gasteiger partial charge >= 0.3 is 0 Å². The lowest BCUT2D eigenvalue weighted by Crippen LogP contribution is -2.02. The van der Waals surface area contributed by atoms with Crippen molar-refractivity contribution in [3.63, 3.8) is 0 Å². The number of nitrogen functional groups attached to an aromatic ring is 1. The van der Waals surface area contributed by atoms with Crippen molar-refractivity contribution in [1.82, 2.24) is 15.0 Å². The molecular formula is C14H9F3N4. The van der Waals surface area contributed by atoms with E-state index in [0.29, 0.717) is 5.69 Å². The van der Waals surface area contributed by atoms with Gasteiger partial charge in [0.2, 0.25) is 0 Å². The van der Waals surface area contributed by atoms with E-state index in [2.05, 4.69) is 10.3 Å². The fraction of sp³-hybridized carbons (Fsp3) is 0. The number of hydrogen-bond donors (Lipinski definition) is 1. The van der Waals surface area contributed by atoms with Gasteiger partial charge in [-0.15, -0.1) is 5.10 Å². The Bertz CT molecular complexity index is 814. The van der Waals surface area contributed by atoms with Crippen molar-refractivity contribution in [3.8, 4) is 16.9 Å². The largest absolute Gasteiger partial charge is 0.382 e. The third-order valence-electron chi connectivity index (χ3n) is 2.94. The summed E-state index contributed by atoms with van der Waals surface area (Å²) in [5.74, 6) is -1.77. The fourth-order valence-corrected chi connectivity index (χ4v) is 1.96. The highest BCUT2D eigenvalue weighted by Crippen LogP contribution is 2.28. The van der Waals surface area contributed by atoms with Crippen LogP contribution in [0.5, 0.6) is 0 Å². The first-order chi connectivity index (χ1) is 10.1. The number of anilines is 1. The third kappa shape index (κ3) is 2.33. The van der Waals surface area contributed by atoms with Gasteiger partial charge in [0, 0.05) is 5.56 Å². The Kier molecular flexibility index (Phi) is 3.09. The maximum atomic E-state index is 13.8. The molecule has 0 fully saturated rings. The van der Waals surface area contributed by atoms with Crippen LogP contribution in [0.2, 0.25) is 0 Å². The molecule has 1 heterocycles. The van der Waals surface area contributed by atoms with E-state index in [4.69, 9.17) is 5.73 Å². The number of nitrogens with two attached hydrogens (primary N) is 1. The van der Waals surface area contributed by atoms with Crippen LogP contribution in [0, 0.1) is 17.5 Å². The Morgan fingerprint density at radius 2 is 1.71 bits per heavy atom. The van der Waals surface area contributed by atoms with Gasteiger partial charge in [-0.05, 0) is 36.4 Å². The molecule has 21 heavy (non-hydrogen) atoms. The molecule has 7 heteroatoms. The molecule has 1 aromatic heterocycles. The molecule has 0 atom stereocenters. The lowest BCUT2D eigenvalue weighted by Gasteiger charge is -2.04. The van der Waals surface area contributed by atoms with Crippen LogP contribution in [0.15, 0.2) is 42.5 Å². The Morgan fingerprint density at radius 3 is 2.48 bits per heavy atom. The molecule has 3 aromatic rings. The van der Waals surface area contributed by atoms with Gasteiger partial charge in [0.25, 0.3) is 0 Å². The Balaban J connectivity index is 2.13. The molecule has 2 aromatic carbocycles. The summed E-state index contributed by atoms with van der Waals surface area (Å²) in [6.07, 6.45) is 0. The van der Waals surface area contributed by atoms with Gasteiger partial charge in [-0.1, -0.05) is 11.3 Å². The van der Waals surface area contributed by atoms with E-state index < -0.39 is 17.5 Å². The predicted octanol–water partition coefficient (Wildman–Crippen LogP) is 2.93. The number of halogens is 3. The number of nitrogens with zero attached hydrogens (tertiary/aromatic N) is 3. The van der Waals surface area contributed by atoms with E-state index in [9.17, 15) is 13.2 Å². The summed E-state index contributed by atoms with van der Waals surface area (Å²) < 4.78 is 41.4. The molecule has 0 bridgehead atoms. The van der Waals surface area contributed by atoms with E-state index in [-0.39, 0.29) is 17.1 Å². The lowest BCUT2D eigenvalue weighted by atomic mass is 10.1. The van der Waals surface area contributed by atoms with Crippen molar-refractivity contribution >= 4 is 5.82 Å². The molecule has 0 aliphatic heterocycles. The van der Waals surface area contributed by atoms with Crippen LogP contribution in [-0.2, 0) is 0 Å². The van der Waals surface area contributed by atoms with Crippen molar-refractivity contribution in [2.75, 3.05) is 5.73 Å². The number of rotatable bonds is 2. The molecule has 0 unspecified atom stereocenters. The molecule has 0 amide bonds. The molecule has 2 N–H and O–H groups in total. The number of benzene rings is 2. The summed E-state index contributed by atoms with van der Waals surface area (Å²) in [6, 6.07) is 8.47. The zero-order valence-corrected chi connectivity index (χ0v) is 10.6. The van der Waals surface area contributed by atoms with Crippen LogP contribution >= 0.6 is 0 Å². The fourth-order valence-electron chi connectivity index (χ4n) is 1.96. The zero-order chi connectivity index (χ0) is 15.0. The van der Waals surface area contributed by atoms with Gasteiger partial charge in [0.15, 0.2) is 5.82 Å². The summed E-state index contributed by atoms with van der Waals surface area (Å²) >= 11 is 0. The Hall–Kier alpha value is -2.83. The maximum Gasteiger partial charge on any atom is 0.156 e. The van der Waals surface area contributed by atoms with Gasteiger partial charge < -0.3 is 5.73 Å². The number of hydrogen-bond acceptors (Lipinski definition) is 3. The minimum absolute atomic E-state index is 0.00346. The first-order valence-electron chi connectivity index (χ1n) is 5.99. The monoisotopic (exact) mass is 290 g/mol. The van der Waals surface area contributed by atoms with Crippen molar-refractivity contribution < 1.29 is 13.2 Å². The van der Waals surface area contributed by atoms with Gasteiger partial charge in [-0.25, -0.2) is 13.2 Å². The van der Waals surface area contributed by atoms with E-state index >= 15 is 0 Å². The first kappa shape index (κ1) is 13.2. The lowest BCUT2D eigenvalue weighted by molar-refractivity contribution is 0.602. The number of aromatic nitrogens is 3. The van der Waals surface area contributed by atoms with Crippen molar-refractivity contribution in [3.05, 3.63) is 59.9 Å². The Labute approximate surface area is 117 Å². The second-order valence-corrected chi connectivity index (χ2v) is 4.34. The molecule has 0 radical (unpaired) electrons. The van der Waals surface area contributed by atoms with E-state index in [0.717, 1.165) is 22.9 Å². The molecule has 0 spiro atoms. The first-order valence-corrected chi connectivity index (χ1v) is 5.99. The summed E-state index contributed by atoms with van der Waals surface area (Å²) in [6.45, 7) is 0. The van der Waals surface area contributed by atoms with E-state index in [1.54, 1.807) is 6.07 Å². The van der Waals surface area contributed by atoms with E-state index in [1.165, 1.54) is 18.2 Å². The second-order valence-electron chi connectivity index (χ2n) is 4.34. The molecule has 0 saturated heterocycles. The van der Waals surface area contributed by atoms with Crippen LogP contribution in [0.1, 0.15) is 0 Å². The third-order valence-corrected chi connectivity index (χ3v) is 2.94. The SMILES string of the molecule is Nc1c(-c2cc(F)ccc2F)nnn1-c1cccc(F)c1. The van der Waals surface area contributed by atoms with Gasteiger partial charge in [-0.3, -0.25) is 0 Å². The topological polar surface area (TPSA) is 56.7 Å². The van der Waals surface area contributed by atoms with Crippen LogP contribution in [0.4, 0.5) is 19.0 Å². The average molecular weight is 290 g/mol. The van der Waals surface area contributed by atoms with Gasteiger partial charge in [0.05, 0.1) is 5.69 Å². The summed E-state index contributed by atoms with van der Waals surface area (Å²) in [5, 5.41) is 7.51. The quantitative estimate of drug-likeness (QED) is 0.789. The molecule has 0 aliphatic rings. The standard InChI is InChI=1S/C14H9F3N4/c15-8-2-1-3-10(6-8)21-14(18)13(19-20-21)11-7-9(16)4-5-12(11)17/h1-7H,18H2. The van der Waals surface area contributed by atoms with E-state index in [1.807, 2.05) is 0 Å². The molecule has 0 aliphatic carbocycles. The van der Waals surface area contributed by atoms with Crippen molar-refractivity contribution in [2.24, 2.45) is 0 Å². The summed E-state index contributed by atoms with van der Waals surface area (Å²) in [4.78, 5) is 0. The molecule has 106 valence electrons. The maximum absolute atomic E-state index is 13.8. The van der Waals surface area contributed by atoms with Gasteiger partial charge in [-0.2, -0.15) is 4.68 Å². The van der Waals surface area contributed by atoms with Crippen molar-refractivity contribution in [2.45, 2.75) is 0 Å². The predicted molar refractivity (Wildman–Crippen MR) is 71.1 cm³/mol. The van der Waals surface area contributed by atoms with Crippen molar-refractivity contribution in [1.29, 1.82) is 0 Å². The molecule has 3 rings (SSSR count). The van der Waals surface area contributed by atoms with Gasteiger partial charge in [0.1, 0.15) is 23.1 Å². The van der Waals surface area contributed by atoms with Crippen LogP contribution < -0.4 is 5.73 Å². The minimum atomic E-state index is -0.672. The van der Waals surface area contributed by atoms with Crippen LogP contribution in [0.25, 0.3) is 16.9 Å². The molecule has 4 nitrogen and oxygen atoms in total. The van der Waals surface area contributed by atoms with Crippen LogP contribution in [-0.4, -0.2) is 15.0 Å². The molecular weight excluding hydrogens is 281 g/mol. The normalized spacial score (nSPS) is 10.8. The smallest absolute Gasteiger partial charge is 0.156 e. The second kappa shape index (κ2) is 4.93. The highest BCUT2D eigenvalue weighted by Gasteiger charge is 2.17. The summed E-state index contributed by atoms with van der Waals surface area (Å²) in [5.41, 5.74) is 6.09. The highest BCUT2D eigenvalue weighted by molar-refractivity contribution is 5.71. The average Bonchev–Trinajstić information content (AvgIpc) is 2.83. The van der Waals surface area contributed by atoms with Crippen LogP contribution in [0.3, 0.4) is 0 Å². The Morgan fingerprint density at radius 1 is 0.952 bits per heavy atom. The summed E-state index contributed by atoms with van der Waals surface area (Å²) in [7, 11) is 0. The molecule has 0 saturated carbocycles.